The molecule has 0 aromatic carbocycles. The molecule has 0 amide bonds. The maximum Gasteiger partial charge on any atom is 0.162 e. The van der Waals surface area contributed by atoms with E-state index < -0.39 is 0 Å². The Hall–Kier alpha value is -0.950. The van der Waals surface area contributed by atoms with Crippen LogP contribution in [0.5, 0.6) is 0 Å². The Morgan fingerprint density at radius 1 is 1.32 bits per heavy atom. The molecule has 0 bridgehead atoms. The first kappa shape index (κ1) is 13.1. The Bertz CT molecular complexity index is 411. The fourth-order valence-corrected chi connectivity index (χ4v) is 2.72. The number of aliphatic hydroxyl groups is 1. The highest BCUT2D eigenvalue weighted by atomic mass is 16.5. The molecule has 19 heavy (non-hydrogen) atoms. The summed E-state index contributed by atoms with van der Waals surface area (Å²) >= 11 is 0. The minimum absolute atomic E-state index is 0.0361. The number of rotatable bonds is 5. The van der Waals surface area contributed by atoms with Gasteiger partial charge in [0.25, 0.3) is 0 Å². The smallest absolute Gasteiger partial charge is 0.162 e. The van der Waals surface area contributed by atoms with E-state index in [2.05, 4.69) is 10.5 Å². The summed E-state index contributed by atoms with van der Waals surface area (Å²) in [6, 6.07) is 2.30. The van der Waals surface area contributed by atoms with Crippen molar-refractivity contribution in [2.24, 2.45) is 0 Å². The molecule has 106 valence electrons. The maximum absolute atomic E-state index is 8.99. The summed E-state index contributed by atoms with van der Waals surface area (Å²) in [4.78, 5) is 0. The van der Waals surface area contributed by atoms with Crippen LogP contribution in [0.15, 0.2) is 10.6 Å². The van der Waals surface area contributed by atoms with Crippen LogP contribution in [-0.4, -0.2) is 48.3 Å². The number of aromatic nitrogens is 1. The molecule has 1 aromatic rings. The van der Waals surface area contributed by atoms with E-state index in [0.717, 1.165) is 38.2 Å². The molecule has 2 saturated heterocycles. The predicted molar refractivity (Wildman–Crippen MR) is 66.7 cm³/mol. The van der Waals surface area contributed by atoms with Crippen LogP contribution >= 0.6 is 0 Å². The van der Waals surface area contributed by atoms with Crippen molar-refractivity contribution in [3.05, 3.63) is 17.5 Å². The molecule has 6 heteroatoms. The van der Waals surface area contributed by atoms with Gasteiger partial charge in [0.15, 0.2) is 5.76 Å². The molecule has 3 rings (SSSR count). The van der Waals surface area contributed by atoms with E-state index in [1.165, 1.54) is 0 Å². The standard InChI is InChI=1S/C13H20N2O4/c16-7-12-5-11(15-19-12)6-13(8-18-9-13)14-10-1-3-17-4-2-10/h5,10,14,16H,1-4,6-9H2. The summed E-state index contributed by atoms with van der Waals surface area (Å²) in [5.74, 6) is 0.511. The lowest BCUT2D eigenvalue weighted by Gasteiger charge is -2.45. The van der Waals surface area contributed by atoms with E-state index in [1.54, 1.807) is 0 Å². The van der Waals surface area contributed by atoms with E-state index >= 15 is 0 Å². The number of aliphatic hydroxyl groups excluding tert-OH is 1. The highest BCUT2D eigenvalue weighted by Crippen LogP contribution is 2.25. The maximum atomic E-state index is 8.99. The molecular formula is C13H20N2O4. The van der Waals surface area contributed by atoms with Crippen LogP contribution in [0, 0.1) is 0 Å². The highest BCUT2D eigenvalue weighted by Gasteiger charge is 2.41. The van der Waals surface area contributed by atoms with Gasteiger partial charge >= 0.3 is 0 Å². The molecule has 2 aliphatic rings. The lowest BCUT2D eigenvalue weighted by Crippen LogP contribution is -2.65. The second-order valence-electron chi connectivity index (χ2n) is 5.42. The zero-order valence-electron chi connectivity index (χ0n) is 10.9. The molecule has 0 radical (unpaired) electrons. The van der Waals surface area contributed by atoms with Gasteiger partial charge in [-0.05, 0) is 12.8 Å². The largest absolute Gasteiger partial charge is 0.388 e. The van der Waals surface area contributed by atoms with Crippen molar-refractivity contribution in [2.45, 2.75) is 37.5 Å². The summed E-state index contributed by atoms with van der Waals surface area (Å²) in [7, 11) is 0. The third kappa shape index (κ3) is 2.97. The van der Waals surface area contributed by atoms with Crippen LogP contribution in [-0.2, 0) is 22.5 Å². The number of hydrogen-bond donors (Lipinski definition) is 2. The van der Waals surface area contributed by atoms with Gasteiger partial charge in [-0.25, -0.2) is 0 Å². The average Bonchev–Trinajstić information content (AvgIpc) is 2.85. The second-order valence-corrected chi connectivity index (χ2v) is 5.42. The molecule has 0 unspecified atom stereocenters. The van der Waals surface area contributed by atoms with Crippen LogP contribution in [0.3, 0.4) is 0 Å². The molecule has 2 fully saturated rings. The lowest BCUT2D eigenvalue weighted by molar-refractivity contribution is -0.0854. The van der Waals surface area contributed by atoms with Crippen molar-refractivity contribution in [1.82, 2.24) is 10.5 Å². The molecule has 0 spiro atoms. The van der Waals surface area contributed by atoms with Gasteiger partial charge in [-0.1, -0.05) is 5.16 Å². The van der Waals surface area contributed by atoms with Gasteiger partial charge in [0, 0.05) is 31.7 Å². The monoisotopic (exact) mass is 268 g/mol. The Balaban J connectivity index is 1.61. The number of hydrogen-bond acceptors (Lipinski definition) is 6. The summed E-state index contributed by atoms with van der Waals surface area (Å²) < 4.78 is 15.8. The molecule has 6 nitrogen and oxygen atoms in total. The third-order valence-electron chi connectivity index (χ3n) is 3.77. The topological polar surface area (TPSA) is 76.8 Å². The number of nitrogens with one attached hydrogen (secondary N) is 1. The number of nitrogens with zero attached hydrogens (tertiary/aromatic N) is 1. The van der Waals surface area contributed by atoms with Crippen molar-refractivity contribution in [2.75, 3.05) is 26.4 Å². The SMILES string of the molecule is OCc1cc(CC2(NC3CCOCC3)COC2)no1. The lowest BCUT2D eigenvalue weighted by atomic mass is 9.89. The average molecular weight is 268 g/mol. The van der Waals surface area contributed by atoms with E-state index in [4.69, 9.17) is 19.1 Å². The van der Waals surface area contributed by atoms with Crippen LogP contribution in [0.2, 0.25) is 0 Å². The third-order valence-corrected chi connectivity index (χ3v) is 3.77. The summed E-state index contributed by atoms with van der Waals surface area (Å²) in [5.41, 5.74) is 0.831. The first-order valence-electron chi connectivity index (χ1n) is 6.78. The fourth-order valence-electron chi connectivity index (χ4n) is 2.72. The Labute approximate surface area is 112 Å². The Kier molecular flexibility index (Phi) is 3.83. The summed E-state index contributed by atoms with van der Waals surface area (Å²) in [6.07, 6.45) is 2.86. The quantitative estimate of drug-likeness (QED) is 0.797. The van der Waals surface area contributed by atoms with Gasteiger partial charge in [0.05, 0.1) is 24.4 Å². The summed E-state index contributed by atoms with van der Waals surface area (Å²) in [6.45, 7) is 2.95. The van der Waals surface area contributed by atoms with Crippen molar-refractivity contribution >= 4 is 0 Å². The minimum atomic E-state index is -0.107. The van der Waals surface area contributed by atoms with Gasteiger partial charge in [-0.15, -0.1) is 0 Å². The predicted octanol–water partition coefficient (Wildman–Crippen LogP) is 0.247. The fraction of sp³-hybridized carbons (Fsp3) is 0.769. The van der Waals surface area contributed by atoms with Crippen molar-refractivity contribution in [3.63, 3.8) is 0 Å². The number of ether oxygens (including phenoxy) is 2. The van der Waals surface area contributed by atoms with E-state index in [0.29, 0.717) is 25.0 Å². The minimum Gasteiger partial charge on any atom is -0.388 e. The molecule has 3 heterocycles. The molecule has 0 saturated carbocycles. The van der Waals surface area contributed by atoms with E-state index in [9.17, 15) is 0 Å². The van der Waals surface area contributed by atoms with Gasteiger partial charge in [-0.3, -0.25) is 0 Å². The van der Waals surface area contributed by atoms with Gasteiger partial charge < -0.3 is 24.4 Å². The van der Waals surface area contributed by atoms with E-state index in [-0.39, 0.29) is 12.1 Å². The van der Waals surface area contributed by atoms with Crippen LogP contribution < -0.4 is 5.32 Å². The van der Waals surface area contributed by atoms with Crippen molar-refractivity contribution in [3.8, 4) is 0 Å². The van der Waals surface area contributed by atoms with Gasteiger partial charge in [0.2, 0.25) is 0 Å². The zero-order valence-corrected chi connectivity index (χ0v) is 10.9. The van der Waals surface area contributed by atoms with E-state index in [1.807, 2.05) is 6.07 Å². The molecule has 2 N–H and O–H groups in total. The molecular weight excluding hydrogens is 248 g/mol. The van der Waals surface area contributed by atoms with Crippen LogP contribution in [0.1, 0.15) is 24.3 Å². The normalized spacial score (nSPS) is 23.2. The van der Waals surface area contributed by atoms with Crippen molar-refractivity contribution in [1.29, 1.82) is 0 Å². The van der Waals surface area contributed by atoms with Gasteiger partial charge in [-0.2, -0.15) is 0 Å². The second kappa shape index (κ2) is 5.58. The Morgan fingerprint density at radius 3 is 2.68 bits per heavy atom. The summed E-state index contributed by atoms with van der Waals surface area (Å²) in [5, 5.41) is 16.7. The molecule has 2 aliphatic heterocycles. The molecule has 1 aromatic heterocycles. The zero-order chi connectivity index (χ0) is 13.1. The Morgan fingerprint density at radius 2 is 2.11 bits per heavy atom. The molecule has 0 aliphatic carbocycles. The van der Waals surface area contributed by atoms with Crippen LogP contribution in [0.4, 0.5) is 0 Å². The highest BCUT2D eigenvalue weighted by molar-refractivity contribution is 5.12. The van der Waals surface area contributed by atoms with Gasteiger partial charge in [0.1, 0.15) is 6.61 Å². The first-order chi connectivity index (χ1) is 9.30. The first-order valence-corrected chi connectivity index (χ1v) is 6.78. The van der Waals surface area contributed by atoms with Crippen molar-refractivity contribution < 1.29 is 19.1 Å². The molecule has 0 atom stereocenters. The van der Waals surface area contributed by atoms with Crippen LogP contribution in [0.25, 0.3) is 0 Å².